The number of benzene rings is 1. The third-order valence-electron chi connectivity index (χ3n) is 1.58. The lowest BCUT2D eigenvalue weighted by Crippen LogP contribution is -2.19. The summed E-state index contributed by atoms with van der Waals surface area (Å²) in [4.78, 5) is 10.6. The van der Waals surface area contributed by atoms with Crippen LogP contribution < -0.4 is 10.5 Å². The minimum atomic E-state index is -5.04. The van der Waals surface area contributed by atoms with Gasteiger partial charge in [0.1, 0.15) is 10.6 Å². The van der Waals surface area contributed by atoms with Crippen molar-refractivity contribution in [3.8, 4) is 5.75 Å². The molecule has 0 aliphatic heterocycles. The van der Waals surface area contributed by atoms with E-state index < -0.39 is 28.7 Å². The van der Waals surface area contributed by atoms with Crippen LogP contribution in [0.25, 0.3) is 0 Å². The average molecular weight is 256 g/mol. The van der Waals surface area contributed by atoms with Gasteiger partial charge in [0.15, 0.2) is 5.75 Å². The van der Waals surface area contributed by atoms with Gasteiger partial charge in [-0.1, -0.05) is 11.6 Å². The lowest BCUT2D eigenvalue weighted by atomic mass is 10.2. The first kappa shape index (κ1) is 12.4. The van der Waals surface area contributed by atoms with E-state index in [2.05, 4.69) is 4.74 Å². The number of rotatable bonds is 2. The topological polar surface area (TPSA) is 72.6 Å². The Hall–Kier alpha value is -1.63. The van der Waals surface area contributed by atoms with Gasteiger partial charge in [-0.05, 0) is 12.1 Å². The van der Waals surface area contributed by atoms with Crippen LogP contribution in [0, 0.1) is 0 Å². The van der Waals surface area contributed by atoms with Crippen LogP contribution in [0.3, 0.4) is 0 Å². The van der Waals surface area contributed by atoms with Crippen LogP contribution in [0.1, 0.15) is 10.4 Å². The van der Waals surface area contributed by atoms with Crippen molar-refractivity contribution in [3.63, 3.8) is 0 Å². The second-order valence-electron chi connectivity index (χ2n) is 2.70. The van der Waals surface area contributed by atoms with E-state index >= 15 is 0 Å². The first-order chi connectivity index (χ1) is 7.22. The van der Waals surface area contributed by atoms with Crippen LogP contribution in [0.15, 0.2) is 12.1 Å². The summed E-state index contributed by atoms with van der Waals surface area (Å²) in [7, 11) is 0. The molecule has 8 heteroatoms. The summed E-state index contributed by atoms with van der Waals surface area (Å²) in [5.74, 6) is -2.61. The van der Waals surface area contributed by atoms with Gasteiger partial charge in [0, 0.05) is 0 Å². The zero-order chi connectivity index (χ0) is 12.5. The molecule has 4 nitrogen and oxygen atoms in total. The Kier molecular flexibility index (Phi) is 3.18. The first-order valence-electron chi connectivity index (χ1n) is 3.79. The van der Waals surface area contributed by atoms with E-state index in [1.807, 2.05) is 0 Å². The normalized spacial score (nSPS) is 11.2. The number of ether oxygens (including phenoxy) is 1. The van der Waals surface area contributed by atoms with Crippen LogP contribution in [0.4, 0.5) is 18.9 Å². The largest absolute Gasteiger partial charge is 0.573 e. The molecule has 88 valence electrons. The fraction of sp³-hybridized carbons (Fsp3) is 0.125. The van der Waals surface area contributed by atoms with Crippen LogP contribution in [0.5, 0.6) is 5.75 Å². The lowest BCUT2D eigenvalue weighted by Gasteiger charge is -2.13. The number of anilines is 1. The Bertz CT molecular complexity index is 433. The smallest absolute Gasteiger partial charge is 0.478 e. The number of hydrogen-bond donors (Lipinski definition) is 2. The standard InChI is InChI=1S/C8H5ClF3NO3/c9-5-4(13)2-1-3(7(14)15)6(5)16-8(10,11)12/h1-2H,13H2,(H,14,15). The lowest BCUT2D eigenvalue weighted by molar-refractivity contribution is -0.274. The van der Waals surface area contributed by atoms with Gasteiger partial charge >= 0.3 is 12.3 Å². The Morgan fingerprint density at radius 1 is 1.44 bits per heavy atom. The minimum absolute atomic E-state index is 0.203. The van der Waals surface area contributed by atoms with Gasteiger partial charge < -0.3 is 15.6 Å². The van der Waals surface area contributed by atoms with Gasteiger partial charge in [0.05, 0.1) is 5.69 Å². The number of nitrogens with two attached hydrogens (primary N) is 1. The highest BCUT2D eigenvalue weighted by molar-refractivity contribution is 6.35. The maximum atomic E-state index is 12.0. The third-order valence-corrected chi connectivity index (χ3v) is 1.97. The second kappa shape index (κ2) is 4.09. The van der Waals surface area contributed by atoms with Crippen molar-refractivity contribution in [2.75, 3.05) is 5.73 Å². The molecule has 1 aromatic carbocycles. The monoisotopic (exact) mass is 255 g/mol. The molecule has 0 fully saturated rings. The molecule has 0 heterocycles. The molecule has 0 saturated carbocycles. The Balaban J connectivity index is 3.32. The number of carboxylic acid groups (broad SMARTS) is 1. The van der Waals surface area contributed by atoms with Crippen molar-refractivity contribution in [2.45, 2.75) is 6.36 Å². The number of alkyl halides is 3. The maximum absolute atomic E-state index is 12.0. The highest BCUT2D eigenvalue weighted by Gasteiger charge is 2.34. The van der Waals surface area contributed by atoms with E-state index in [9.17, 15) is 18.0 Å². The summed E-state index contributed by atoms with van der Waals surface area (Å²) in [5, 5.41) is 8.05. The zero-order valence-corrected chi connectivity index (χ0v) is 8.26. The molecule has 0 aliphatic carbocycles. The molecule has 0 spiro atoms. The summed E-state index contributed by atoms with van der Waals surface area (Å²) in [6.07, 6.45) is -5.04. The highest BCUT2D eigenvalue weighted by atomic mass is 35.5. The van der Waals surface area contributed by atoms with E-state index in [1.54, 1.807) is 0 Å². The van der Waals surface area contributed by atoms with Crippen molar-refractivity contribution in [1.29, 1.82) is 0 Å². The van der Waals surface area contributed by atoms with Gasteiger partial charge in [0.2, 0.25) is 0 Å². The molecule has 0 aromatic heterocycles. The van der Waals surface area contributed by atoms with Gasteiger partial charge in [-0.15, -0.1) is 13.2 Å². The predicted molar refractivity (Wildman–Crippen MR) is 49.5 cm³/mol. The summed E-state index contributed by atoms with van der Waals surface area (Å²) < 4.78 is 39.5. The number of halogens is 4. The number of carbonyl (C=O) groups is 1. The summed E-state index contributed by atoms with van der Waals surface area (Å²) in [6, 6.07) is 1.96. The van der Waals surface area contributed by atoms with Gasteiger partial charge in [-0.3, -0.25) is 0 Å². The molecule has 1 aromatic rings. The summed E-state index contributed by atoms with van der Waals surface area (Å²) in [6.45, 7) is 0. The molecule has 0 saturated heterocycles. The van der Waals surface area contributed by atoms with E-state index in [-0.39, 0.29) is 5.69 Å². The molecule has 0 atom stereocenters. The SMILES string of the molecule is Nc1ccc(C(=O)O)c(OC(F)(F)F)c1Cl. The zero-order valence-electron chi connectivity index (χ0n) is 7.51. The van der Waals surface area contributed by atoms with E-state index in [1.165, 1.54) is 0 Å². The molecule has 0 amide bonds. The number of carboxylic acids is 1. The Morgan fingerprint density at radius 2 is 2.00 bits per heavy atom. The molecular weight excluding hydrogens is 251 g/mol. The molecular formula is C8H5ClF3NO3. The summed E-state index contributed by atoms with van der Waals surface area (Å²) >= 11 is 5.44. The fourth-order valence-electron chi connectivity index (χ4n) is 0.955. The van der Waals surface area contributed by atoms with E-state index in [4.69, 9.17) is 22.4 Å². The van der Waals surface area contributed by atoms with Crippen molar-refractivity contribution in [3.05, 3.63) is 22.7 Å². The molecule has 1 rings (SSSR count). The van der Waals surface area contributed by atoms with E-state index in [0.29, 0.717) is 0 Å². The van der Waals surface area contributed by atoms with Crippen molar-refractivity contribution < 1.29 is 27.8 Å². The molecule has 0 bridgehead atoms. The Morgan fingerprint density at radius 3 is 2.44 bits per heavy atom. The van der Waals surface area contributed by atoms with Crippen molar-refractivity contribution in [1.82, 2.24) is 0 Å². The van der Waals surface area contributed by atoms with Crippen LogP contribution >= 0.6 is 11.6 Å². The first-order valence-corrected chi connectivity index (χ1v) is 4.17. The minimum Gasteiger partial charge on any atom is -0.478 e. The van der Waals surface area contributed by atoms with Crippen LogP contribution in [0.2, 0.25) is 5.02 Å². The molecule has 0 unspecified atom stereocenters. The maximum Gasteiger partial charge on any atom is 0.573 e. The number of hydrogen-bond acceptors (Lipinski definition) is 3. The highest BCUT2D eigenvalue weighted by Crippen LogP contribution is 2.37. The van der Waals surface area contributed by atoms with Crippen LogP contribution in [-0.2, 0) is 0 Å². The second-order valence-corrected chi connectivity index (χ2v) is 3.08. The summed E-state index contributed by atoms with van der Waals surface area (Å²) in [5.41, 5.74) is 4.32. The fourth-order valence-corrected chi connectivity index (χ4v) is 1.16. The number of nitrogen functional groups attached to an aromatic ring is 1. The van der Waals surface area contributed by atoms with Crippen molar-refractivity contribution in [2.24, 2.45) is 0 Å². The Labute approximate surface area is 92.4 Å². The molecule has 0 aliphatic rings. The quantitative estimate of drug-likeness (QED) is 0.797. The molecule has 16 heavy (non-hydrogen) atoms. The average Bonchev–Trinajstić information content (AvgIpc) is 2.10. The molecule has 0 radical (unpaired) electrons. The molecule has 3 N–H and O–H groups in total. The van der Waals surface area contributed by atoms with Gasteiger partial charge in [0.25, 0.3) is 0 Å². The predicted octanol–water partition coefficient (Wildman–Crippen LogP) is 2.52. The van der Waals surface area contributed by atoms with Crippen LogP contribution in [-0.4, -0.2) is 17.4 Å². The number of aromatic carboxylic acids is 1. The van der Waals surface area contributed by atoms with Gasteiger partial charge in [-0.2, -0.15) is 0 Å². The third kappa shape index (κ3) is 2.69. The van der Waals surface area contributed by atoms with Gasteiger partial charge in [-0.25, -0.2) is 4.79 Å². The van der Waals surface area contributed by atoms with E-state index in [0.717, 1.165) is 12.1 Å². The van der Waals surface area contributed by atoms with Crippen molar-refractivity contribution >= 4 is 23.3 Å².